The van der Waals surface area contributed by atoms with E-state index >= 15 is 0 Å². The SMILES string of the molecule is C#CCN(CC(=O)O)Cc1cc(Br)ccc1F. The van der Waals surface area contributed by atoms with Crippen molar-refractivity contribution in [3.05, 3.63) is 34.1 Å². The summed E-state index contributed by atoms with van der Waals surface area (Å²) in [7, 11) is 0. The van der Waals surface area contributed by atoms with Crippen LogP contribution < -0.4 is 0 Å². The van der Waals surface area contributed by atoms with E-state index < -0.39 is 5.97 Å². The number of carboxylic acid groups (broad SMARTS) is 1. The molecule has 5 heteroatoms. The van der Waals surface area contributed by atoms with Crippen LogP contribution in [0.15, 0.2) is 22.7 Å². The third-order valence-electron chi connectivity index (χ3n) is 2.08. The number of nitrogens with zero attached hydrogens (tertiary/aromatic N) is 1. The first-order valence-corrected chi connectivity index (χ1v) is 5.63. The minimum Gasteiger partial charge on any atom is -0.480 e. The van der Waals surface area contributed by atoms with Crippen molar-refractivity contribution in [1.82, 2.24) is 4.90 Å². The van der Waals surface area contributed by atoms with E-state index in [1.54, 1.807) is 12.1 Å². The van der Waals surface area contributed by atoms with Gasteiger partial charge in [-0.2, -0.15) is 0 Å². The molecular formula is C12H11BrFNO2. The van der Waals surface area contributed by atoms with Crippen LogP contribution in [0.5, 0.6) is 0 Å². The minimum absolute atomic E-state index is 0.165. The van der Waals surface area contributed by atoms with Gasteiger partial charge in [0.05, 0.1) is 13.1 Å². The van der Waals surface area contributed by atoms with E-state index in [4.69, 9.17) is 11.5 Å². The van der Waals surface area contributed by atoms with Crippen molar-refractivity contribution in [2.75, 3.05) is 13.1 Å². The summed E-state index contributed by atoms with van der Waals surface area (Å²) in [5.41, 5.74) is 0.413. The predicted molar refractivity (Wildman–Crippen MR) is 65.8 cm³/mol. The zero-order chi connectivity index (χ0) is 12.8. The highest BCUT2D eigenvalue weighted by atomic mass is 79.9. The topological polar surface area (TPSA) is 40.5 Å². The van der Waals surface area contributed by atoms with Crippen LogP contribution in [0.1, 0.15) is 5.56 Å². The number of hydrogen-bond donors (Lipinski definition) is 1. The lowest BCUT2D eigenvalue weighted by Crippen LogP contribution is -2.30. The van der Waals surface area contributed by atoms with Crippen molar-refractivity contribution in [2.24, 2.45) is 0 Å². The van der Waals surface area contributed by atoms with Crippen LogP contribution in [0, 0.1) is 18.2 Å². The summed E-state index contributed by atoms with van der Waals surface area (Å²) in [5.74, 6) is 0.991. The standard InChI is InChI=1S/C12H11BrFNO2/c1-2-5-15(8-12(16)17)7-9-6-10(13)3-4-11(9)14/h1,3-4,6H,5,7-8H2,(H,16,17). The number of halogens is 2. The summed E-state index contributed by atoms with van der Waals surface area (Å²) >= 11 is 3.23. The molecule has 0 atom stereocenters. The molecule has 1 N–H and O–H groups in total. The molecule has 0 bridgehead atoms. The molecule has 0 radical (unpaired) electrons. The molecule has 0 aromatic heterocycles. The fourth-order valence-corrected chi connectivity index (χ4v) is 1.80. The molecule has 0 heterocycles. The lowest BCUT2D eigenvalue weighted by Gasteiger charge is -2.17. The monoisotopic (exact) mass is 299 g/mol. The molecule has 0 fully saturated rings. The Kier molecular flexibility index (Phi) is 5.13. The molecule has 90 valence electrons. The van der Waals surface area contributed by atoms with Crippen molar-refractivity contribution in [1.29, 1.82) is 0 Å². The number of carboxylic acids is 1. The Morgan fingerprint density at radius 3 is 2.88 bits per heavy atom. The van der Waals surface area contributed by atoms with E-state index in [-0.39, 0.29) is 25.5 Å². The number of hydrogen-bond acceptors (Lipinski definition) is 2. The van der Waals surface area contributed by atoms with E-state index in [0.717, 1.165) is 4.47 Å². The Hall–Kier alpha value is -1.38. The van der Waals surface area contributed by atoms with Crippen molar-refractivity contribution < 1.29 is 14.3 Å². The van der Waals surface area contributed by atoms with Gasteiger partial charge in [-0.15, -0.1) is 6.42 Å². The Morgan fingerprint density at radius 1 is 1.59 bits per heavy atom. The molecule has 1 aromatic rings. The van der Waals surface area contributed by atoms with Gasteiger partial charge in [0.25, 0.3) is 0 Å². The van der Waals surface area contributed by atoms with Gasteiger partial charge in [0, 0.05) is 16.6 Å². The van der Waals surface area contributed by atoms with Gasteiger partial charge in [-0.25, -0.2) is 4.39 Å². The second-order valence-corrected chi connectivity index (χ2v) is 4.39. The number of benzene rings is 1. The fourth-order valence-electron chi connectivity index (χ4n) is 1.39. The third kappa shape index (κ3) is 4.55. The minimum atomic E-state index is -0.990. The number of aliphatic carboxylic acids is 1. The lowest BCUT2D eigenvalue weighted by molar-refractivity contribution is -0.138. The molecule has 1 aromatic carbocycles. The van der Waals surface area contributed by atoms with E-state index in [1.165, 1.54) is 11.0 Å². The molecule has 1 rings (SSSR count). The second kappa shape index (κ2) is 6.38. The molecule has 0 saturated carbocycles. The number of terminal acetylenes is 1. The highest BCUT2D eigenvalue weighted by molar-refractivity contribution is 9.10. The first-order valence-electron chi connectivity index (χ1n) is 4.84. The smallest absolute Gasteiger partial charge is 0.317 e. The fraction of sp³-hybridized carbons (Fsp3) is 0.250. The summed E-state index contributed by atoms with van der Waals surface area (Å²) in [5, 5.41) is 8.70. The Labute approximate surface area is 107 Å². The van der Waals surface area contributed by atoms with E-state index in [2.05, 4.69) is 21.9 Å². The maximum Gasteiger partial charge on any atom is 0.317 e. The zero-order valence-electron chi connectivity index (χ0n) is 8.99. The number of rotatable bonds is 5. The molecule has 0 unspecified atom stereocenters. The van der Waals surface area contributed by atoms with Crippen molar-refractivity contribution in [3.8, 4) is 12.3 Å². The molecule has 17 heavy (non-hydrogen) atoms. The normalized spacial score (nSPS) is 10.2. The first-order chi connectivity index (χ1) is 8.02. The molecule has 3 nitrogen and oxygen atoms in total. The maximum atomic E-state index is 13.5. The van der Waals surface area contributed by atoms with Gasteiger partial charge in [-0.1, -0.05) is 21.9 Å². The molecular weight excluding hydrogens is 289 g/mol. The van der Waals surface area contributed by atoms with Crippen LogP contribution in [-0.2, 0) is 11.3 Å². The molecule has 0 aliphatic rings. The molecule has 0 aliphatic carbocycles. The van der Waals surface area contributed by atoms with Gasteiger partial charge in [-0.05, 0) is 18.2 Å². The highest BCUT2D eigenvalue weighted by Crippen LogP contribution is 2.17. The molecule has 0 aliphatic heterocycles. The summed E-state index contributed by atoms with van der Waals surface area (Å²) in [6.07, 6.45) is 5.14. The summed E-state index contributed by atoms with van der Waals surface area (Å²) in [6, 6.07) is 4.52. The van der Waals surface area contributed by atoms with Crippen molar-refractivity contribution in [2.45, 2.75) is 6.54 Å². The van der Waals surface area contributed by atoms with Gasteiger partial charge in [0.15, 0.2) is 0 Å². The Morgan fingerprint density at radius 2 is 2.29 bits per heavy atom. The zero-order valence-corrected chi connectivity index (χ0v) is 10.6. The van der Waals surface area contributed by atoms with Gasteiger partial charge < -0.3 is 5.11 Å². The Bertz CT molecular complexity index is 456. The lowest BCUT2D eigenvalue weighted by atomic mass is 10.2. The van der Waals surface area contributed by atoms with Crippen LogP contribution in [0.4, 0.5) is 4.39 Å². The van der Waals surface area contributed by atoms with Crippen molar-refractivity contribution in [3.63, 3.8) is 0 Å². The van der Waals surface area contributed by atoms with E-state index in [0.29, 0.717) is 5.56 Å². The van der Waals surface area contributed by atoms with Gasteiger partial charge in [0.1, 0.15) is 5.82 Å². The van der Waals surface area contributed by atoms with Crippen LogP contribution in [0.25, 0.3) is 0 Å². The molecule has 0 saturated heterocycles. The largest absolute Gasteiger partial charge is 0.480 e. The van der Waals surface area contributed by atoms with Gasteiger partial charge in [-0.3, -0.25) is 9.69 Å². The van der Waals surface area contributed by atoms with Crippen LogP contribution >= 0.6 is 15.9 Å². The second-order valence-electron chi connectivity index (χ2n) is 3.48. The molecule has 0 amide bonds. The van der Waals surface area contributed by atoms with E-state index in [1.807, 2.05) is 0 Å². The Balaban J connectivity index is 2.81. The van der Waals surface area contributed by atoms with Crippen LogP contribution in [0.2, 0.25) is 0 Å². The average Bonchev–Trinajstić information content (AvgIpc) is 2.23. The first kappa shape index (κ1) is 13.7. The van der Waals surface area contributed by atoms with Gasteiger partial charge >= 0.3 is 5.97 Å². The number of carbonyl (C=O) groups is 1. The molecule has 0 spiro atoms. The van der Waals surface area contributed by atoms with E-state index in [9.17, 15) is 9.18 Å². The quantitative estimate of drug-likeness (QED) is 0.847. The van der Waals surface area contributed by atoms with Crippen LogP contribution in [0.3, 0.4) is 0 Å². The predicted octanol–water partition coefficient (Wildman–Crippen LogP) is 2.11. The summed E-state index contributed by atoms with van der Waals surface area (Å²) in [6.45, 7) is 0.121. The summed E-state index contributed by atoms with van der Waals surface area (Å²) in [4.78, 5) is 12.1. The van der Waals surface area contributed by atoms with Gasteiger partial charge in [0.2, 0.25) is 0 Å². The average molecular weight is 300 g/mol. The van der Waals surface area contributed by atoms with Crippen LogP contribution in [-0.4, -0.2) is 29.1 Å². The maximum absolute atomic E-state index is 13.5. The van der Waals surface area contributed by atoms with Crippen molar-refractivity contribution >= 4 is 21.9 Å². The summed E-state index contributed by atoms with van der Waals surface area (Å²) < 4.78 is 14.2. The highest BCUT2D eigenvalue weighted by Gasteiger charge is 2.12. The third-order valence-corrected chi connectivity index (χ3v) is 2.57.